The molecule has 1 aliphatic rings. The van der Waals surface area contributed by atoms with E-state index in [-0.39, 0.29) is 29.0 Å². The molecule has 0 aromatic heterocycles. The Bertz CT molecular complexity index is 1110. The molecule has 0 atom stereocenters. The summed E-state index contributed by atoms with van der Waals surface area (Å²) in [7, 11) is -3.72. The van der Waals surface area contributed by atoms with Crippen molar-refractivity contribution in [3.8, 4) is 0 Å². The van der Waals surface area contributed by atoms with E-state index in [2.05, 4.69) is 10.6 Å². The molecule has 1 fully saturated rings. The van der Waals surface area contributed by atoms with Crippen LogP contribution in [0.3, 0.4) is 0 Å². The van der Waals surface area contributed by atoms with Crippen LogP contribution in [-0.4, -0.2) is 62.0 Å². The molecule has 0 saturated carbocycles. The summed E-state index contributed by atoms with van der Waals surface area (Å²) in [6, 6.07) is 12.1. The van der Waals surface area contributed by atoms with Crippen LogP contribution >= 0.6 is 0 Å². The number of non-ortho nitro benzene ring substituents is 1. The number of hydrogen-bond donors (Lipinski definition) is 2. The number of nitrogens with zero attached hydrogens (tertiary/aromatic N) is 2. The zero-order valence-corrected chi connectivity index (χ0v) is 18.3. The van der Waals surface area contributed by atoms with E-state index in [1.54, 1.807) is 0 Å². The van der Waals surface area contributed by atoms with Gasteiger partial charge in [0.15, 0.2) is 9.84 Å². The van der Waals surface area contributed by atoms with Crippen LogP contribution in [0, 0.1) is 10.1 Å². The molecule has 11 heteroatoms. The van der Waals surface area contributed by atoms with Crippen molar-refractivity contribution in [3.05, 3.63) is 64.2 Å². The molecule has 2 amide bonds. The highest BCUT2D eigenvalue weighted by atomic mass is 32.2. The summed E-state index contributed by atoms with van der Waals surface area (Å²) in [6.07, 6.45) is 2.12. The first-order chi connectivity index (χ1) is 15.1. The van der Waals surface area contributed by atoms with Gasteiger partial charge in [0.2, 0.25) is 5.91 Å². The van der Waals surface area contributed by atoms with Crippen LogP contribution in [0.2, 0.25) is 0 Å². The van der Waals surface area contributed by atoms with Crippen LogP contribution in [0.25, 0.3) is 0 Å². The summed E-state index contributed by atoms with van der Waals surface area (Å²) in [4.78, 5) is 36.9. The highest BCUT2D eigenvalue weighted by molar-refractivity contribution is 7.90. The SMILES string of the molecule is CS(=O)(=O)c1cc(C(=O)NC2CCN(CC(=O)Nc3ccccc3)CC2)cc([N+](=O)[O-])c1. The monoisotopic (exact) mass is 460 g/mol. The standard InChI is InChI=1S/C21H24N4O6S/c1-32(30,31)19-12-15(11-18(13-19)25(28)29)21(27)23-17-7-9-24(10-8-17)14-20(26)22-16-5-3-2-4-6-16/h2-6,11-13,17H,7-10,14H2,1H3,(H,22,26)(H,23,27). The van der Waals surface area contributed by atoms with Crippen LogP contribution in [0.5, 0.6) is 0 Å². The lowest BCUT2D eigenvalue weighted by molar-refractivity contribution is -0.385. The Labute approximate surface area is 185 Å². The molecule has 2 aromatic carbocycles. The number of hydrogen-bond acceptors (Lipinski definition) is 7. The molecule has 170 valence electrons. The van der Waals surface area contributed by atoms with Gasteiger partial charge in [-0.15, -0.1) is 0 Å². The number of amides is 2. The third-order valence-corrected chi connectivity index (χ3v) is 6.23. The number of para-hydroxylation sites is 1. The van der Waals surface area contributed by atoms with Gasteiger partial charge in [0, 0.05) is 48.8 Å². The Morgan fingerprint density at radius 1 is 1.12 bits per heavy atom. The Kier molecular flexibility index (Phi) is 7.21. The zero-order chi connectivity index (χ0) is 23.3. The molecule has 3 rings (SSSR count). The smallest absolute Gasteiger partial charge is 0.271 e. The predicted molar refractivity (Wildman–Crippen MR) is 118 cm³/mol. The first kappa shape index (κ1) is 23.4. The Balaban J connectivity index is 1.56. The number of benzene rings is 2. The second kappa shape index (κ2) is 9.88. The van der Waals surface area contributed by atoms with E-state index in [0.717, 1.165) is 30.1 Å². The molecule has 1 saturated heterocycles. The summed E-state index contributed by atoms with van der Waals surface area (Å²) in [5, 5.41) is 16.8. The predicted octanol–water partition coefficient (Wildman–Crippen LogP) is 1.83. The fourth-order valence-corrected chi connectivity index (χ4v) is 4.14. The van der Waals surface area contributed by atoms with Gasteiger partial charge in [-0.05, 0) is 31.0 Å². The molecule has 10 nitrogen and oxygen atoms in total. The van der Waals surface area contributed by atoms with Crippen LogP contribution in [0.4, 0.5) is 11.4 Å². The lowest BCUT2D eigenvalue weighted by Crippen LogP contribution is -2.46. The van der Waals surface area contributed by atoms with Crippen LogP contribution in [0.15, 0.2) is 53.4 Å². The van der Waals surface area contributed by atoms with Crippen LogP contribution in [0.1, 0.15) is 23.2 Å². The van der Waals surface area contributed by atoms with Crippen molar-refractivity contribution in [2.45, 2.75) is 23.8 Å². The maximum atomic E-state index is 12.6. The van der Waals surface area contributed by atoms with Gasteiger partial charge in [-0.2, -0.15) is 0 Å². The number of rotatable bonds is 7. The maximum Gasteiger partial charge on any atom is 0.271 e. The fraction of sp³-hybridized carbons (Fsp3) is 0.333. The van der Waals surface area contributed by atoms with Crippen molar-refractivity contribution < 1.29 is 22.9 Å². The van der Waals surface area contributed by atoms with Crippen molar-refractivity contribution in [2.75, 3.05) is 31.2 Å². The summed E-state index contributed by atoms with van der Waals surface area (Å²) in [6.45, 7) is 1.42. The average molecular weight is 461 g/mol. The summed E-state index contributed by atoms with van der Waals surface area (Å²) in [5.41, 5.74) is 0.187. The van der Waals surface area contributed by atoms with E-state index in [0.29, 0.717) is 25.9 Å². The van der Waals surface area contributed by atoms with Gasteiger partial charge in [0.05, 0.1) is 16.4 Å². The molecule has 1 heterocycles. The highest BCUT2D eigenvalue weighted by Crippen LogP contribution is 2.21. The van der Waals surface area contributed by atoms with Gasteiger partial charge in [0.25, 0.3) is 11.6 Å². The lowest BCUT2D eigenvalue weighted by Gasteiger charge is -2.31. The third kappa shape index (κ3) is 6.34. The van der Waals surface area contributed by atoms with Crippen molar-refractivity contribution in [1.82, 2.24) is 10.2 Å². The van der Waals surface area contributed by atoms with Gasteiger partial charge in [-0.3, -0.25) is 24.6 Å². The number of nitro groups is 1. The Morgan fingerprint density at radius 2 is 1.78 bits per heavy atom. The van der Waals surface area contributed by atoms with Crippen molar-refractivity contribution in [2.24, 2.45) is 0 Å². The first-order valence-electron chi connectivity index (χ1n) is 9.99. The van der Waals surface area contributed by atoms with E-state index in [1.807, 2.05) is 35.2 Å². The molecule has 0 spiro atoms. The van der Waals surface area contributed by atoms with Crippen molar-refractivity contribution in [3.63, 3.8) is 0 Å². The van der Waals surface area contributed by atoms with Gasteiger partial charge in [0.1, 0.15) is 0 Å². The normalized spacial score (nSPS) is 15.2. The van der Waals surface area contributed by atoms with E-state index in [4.69, 9.17) is 0 Å². The second-order valence-corrected chi connectivity index (χ2v) is 9.70. The molecule has 0 aliphatic carbocycles. The van der Waals surface area contributed by atoms with E-state index < -0.39 is 26.4 Å². The fourth-order valence-electron chi connectivity index (χ4n) is 3.46. The van der Waals surface area contributed by atoms with Crippen LogP contribution < -0.4 is 10.6 Å². The number of nitrogens with one attached hydrogen (secondary N) is 2. The van der Waals surface area contributed by atoms with E-state index >= 15 is 0 Å². The van der Waals surface area contributed by atoms with E-state index in [9.17, 15) is 28.1 Å². The minimum absolute atomic E-state index is 0.0794. The molecular weight excluding hydrogens is 436 g/mol. The topological polar surface area (TPSA) is 139 Å². The molecule has 0 bridgehead atoms. The molecule has 0 radical (unpaired) electrons. The first-order valence-corrected chi connectivity index (χ1v) is 11.9. The number of carbonyl (C=O) groups excluding carboxylic acids is 2. The molecule has 2 aromatic rings. The molecule has 1 aliphatic heterocycles. The van der Waals surface area contributed by atoms with Crippen LogP contribution in [-0.2, 0) is 14.6 Å². The minimum atomic E-state index is -3.72. The molecule has 32 heavy (non-hydrogen) atoms. The third-order valence-electron chi connectivity index (χ3n) is 5.14. The highest BCUT2D eigenvalue weighted by Gasteiger charge is 2.24. The van der Waals surface area contributed by atoms with E-state index in [1.165, 1.54) is 0 Å². The number of carbonyl (C=O) groups is 2. The maximum absolute atomic E-state index is 12.6. The number of piperidine rings is 1. The zero-order valence-electron chi connectivity index (χ0n) is 17.5. The largest absolute Gasteiger partial charge is 0.349 e. The molecule has 2 N–H and O–H groups in total. The van der Waals surface area contributed by atoms with Gasteiger partial charge in [-0.1, -0.05) is 18.2 Å². The van der Waals surface area contributed by atoms with Crippen molar-refractivity contribution in [1.29, 1.82) is 0 Å². The van der Waals surface area contributed by atoms with Crippen molar-refractivity contribution >= 4 is 33.0 Å². The minimum Gasteiger partial charge on any atom is -0.349 e. The molecule has 0 unspecified atom stereocenters. The Morgan fingerprint density at radius 3 is 2.38 bits per heavy atom. The summed E-state index contributed by atoms with van der Waals surface area (Å²) >= 11 is 0. The van der Waals surface area contributed by atoms with Gasteiger partial charge >= 0.3 is 0 Å². The summed E-state index contributed by atoms with van der Waals surface area (Å²) in [5.74, 6) is -0.692. The number of anilines is 1. The van der Waals surface area contributed by atoms with Gasteiger partial charge in [-0.25, -0.2) is 8.42 Å². The lowest BCUT2D eigenvalue weighted by atomic mass is 10.0. The quantitative estimate of drug-likeness (QED) is 0.475. The second-order valence-electron chi connectivity index (χ2n) is 7.68. The number of sulfone groups is 1. The molecular formula is C21H24N4O6S. The van der Waals surface area contributed by atoms with Gasteiger partial charge < -0.3 is 10.6 Å². The Hall–Kier alpha value is -3.31. The average Bonchev–Trinajstić information content (AvgIpc) is 2.74. The number of nitro benzene ring substituents is 1. The summed E-state index contributed by atoms with van der Waals surface area (Å²) < 4.78 is 23.6. The number of likely N-dealkylation sites (tertiary alicyclic amines) is 1.